The van der Waals surface area contributed by atoms with Gasteiger partial charge in [0.2, 0.25) is 0 Å². The number of hydrogen-bond donors (Lipinski definition) is 0. The first-order valence-electron chi connectivity index (χ1n) is 5.88. The quantitative estimate of drug-likeness (QED) is 0.856. The van der Waals surface area contributed by atoms with Gasteiger partial charge in [0.05, 0.1) is 15.9 Å². The summed E-state index contributed by atoms with van der Waals surface area (Å²) in [7, 11) is 0. The molecule has 0 aliphatic heterocycles. The summed E-state index contributed by atoms with van der Waals surface area (Å²) in [5.41, 5.74) is 2.20. The Morgan fingerprint density at radius 1 is 1.56 bits per heavy atom. The van der Waals surface area contributed by atoms with Crippen molar-refractivity contribution in [3.8, 4) is 0 Å². The van der Waals surface area contributed by atoms with Crippen LogP contribution in [0, 0.1) is 12.8 Å². The van der Waals surface area contributed by atoms with Gasteiger partial charge >= 0.3 is 0 Å². The zero-order valence-electron chi connectivity index (χ0n) is 9.79. The van der Waals surface area contributed by atoms with E-state index in [2.05, 4.69) is 28.0 Å². The molecule has 1 unspecified atom stereocenters. The average Bonchev–Trinajstić information content (AvgIpc) is 2.78. The van der Waals surface area contributed by atoms with Crippen LogP contribution >= 0.6 is 15.9 Å². The minimum atomic E-state index is 0.220. The molecule has 1 saturated carbocycles. The van der Waals surface area contributed by atoms with Crippen molar-refractivity contribution in [2.24, 2.45) is 5.92 Å². The molecule has 0 aromatic carbocycles. The summed E-state index contributed by atoms with van der Waals surface area (Å²) in [6.45, 7) is 4.94. The van der Waals surface area contributed by atoms with Gasteiger partial charge in [-0.25, -0.2) is 0 Å². The lowest BCUT2D eigenvalue weighted by molar-refractivity contribution is -0.120. The monoisotopic (exact) mass is 284 g/mol. The summed E-state index contributed by atoms with van der Waals surface area (Å²) in [5, 5.41) is 4.45. The maximum absolute atomic E-state index is 11.7. The fraction of sp³-hybridized carbons (Fsp3) is 0.667. The normalized spacial score (nSPS) is 20.7. The largest absolute Gasteiger partial charge is 0.299 e. The molecule has 1 aliphatic carbocycles. The van der Waals surface area contributed by atoms with Crippen molar-refractivity contribution >= 4 is 21.7 Å². The van der Waals surface area contributed by atoms with Crippen molar-refractivity contribution in [3.63, 3.8) is 0 Å². The van der Waals surface area contributed by atoms with Crippen LogP contribution in [0.5, 0.6) is 0 Å². The fourth-order valence-electron chi connectivity index (χ4n) is 2.40. The van der Waals surface area contributed by atoms with E-state index in [1.807, 2.05) is 11.6 Å². The van der Waals surface area contributed by atoms with E-state index in [0.717, 1.165) is 42.4 Å². The van der Waals surface area contributed by atoms with E-state index in [1.165, 1.54) is 5.69 Å². The molecular weight excluding hydrogens is 268 g/mol. The smallest absolute Gasteiger partial charge is 0.136 e. The number of hydrogen-bond acceptors (Lipinski definition) is 2. The molecule has 1 fully saturated rings. The Balaban J connectivity index is 2.23. The number of carbonyl (C=O) groups is 1. The van der Waals surface area contributed by atoms with Crippen molar-refractivity contribution in [2.45, 2.75) is 46.1 Å². The molecular formula is C12H17BrN2O. The molecule has 1 atom stereocenters. The summed E-state index contributed by atoms with van der Waals surface area (Å²) >= 11 is 3.57. The van der Waals surface area contributed by atoms with Gasteiger partial charge in [-0.2, -0.15) is 5.10 Å². The molecule has 3 nitrogen and oxygen atoms in total. The van der Waals surface area contributed by atoms with Crippen LogP contribution < -0.4 is 0 Å². The van der Waals surface area contributed by atoms with Gasteiger partial charge in [0, 0.05) is 25.3 Å². The Labute approximate surface area is 104 Å². The summed E-state index contributed by atoms with van der Waals surface area (Å²) in [5.74, 6) is 0.645. The van der Waals surface area contributed by atoms with Gasteiger partial charge in [0.25, 0.3) is 0 Å². The third kappa shape index (κ3) is 2.08. The molecule has 4 heteroatoms. The minimum Gasteiger partial charge on any atom is -0.299 e. The van der Waals surface area contributed by atoms with Gasteiger partial charge in [0.15, 0.2) is 0 Å². The van der Waals surface area contributed by atoms with Gasteiger partial charge in [-0.05, 0) is 42.6 Å². The lowest BCUT2D eigenvalue weighted by atomic mass is 10.0. The van der Waals surface area contributed by atoms with Gasteiger partial charge in [-0.1, -0.05) is 0 Å². The summed E-state index contributed by atoms with van der Waals surface area (Å²) in [6, 6.07) is 0. The Bertz CT molecular complexity index is 411. The Hall–Kier alpha value is -0.640. The highest BCUT2D eigenvalue weighted by atomic mass is 79.9. The van der Waals surface area contributed by atoms with E-state index in [-0.39, 0.29) is 5.92 Å². The van der Waals surface area contributed by atoms with Crippen molar-refractivity contribution < 1.29 is 4.79 Å². The van der Waals surface area contributed by atoms with Crippen LogP contribution in [0.2, 0.25) is 0 Å². The molecule has 16 heavy (non-hydrogen) atoms. The molecule has 0 N–H and O–H groups in total. The third-order valence-electron chi connectivity index (χ3n) is 3.32. The molecule has 1 aromatic heterocycles. The van der Waals surface area contributed by atoms with Gasteiger partial charge < -0.3 is 0 Å². The molecule has 0 spiro atoms. The Morgan fingerprint density at radius 3 is 2.88 bits per heavy atom. The summed E-state index contributed by atoms with van der Waals surface area (Å²) in [4.78, 5) is 11.7. The van der Waals surface area contributed by atoms with E-state index in [1.54, 1.807) is 0 Å². The van der Waals surface area contributed by atoms with Gasteiger partial charge in [-0.15, -0.1) is 0 Å². The summed E-state index contributed by atoms with van der Waals surface area (Å²) in [6.07, 6.45) is 3.70. The predicted octanol–water partition coefficient (Wildman–Crippen LogP) is 2.89. The number of rotatable bonds is 3. The van der Waals surface area contributed by atoms with Crippen LogP contribution in [0.25, 0.3) is 0 Å². The number of ketones is 1. The molecule has 0 saturated heterocycles. The Kier molecular flexibility index (Phi) is 3.47. The van der Waals surface area contributed by atoms with E-state index < -0.39 is 0 Å². The predicted molar refractivity (Wildman–Crippen MR) is 66.4 cm³/mol. The van der Waals surface area contributed by atoms with E-state index >= 15 is 0 Å². The highest BCUT2D eigenvalue weighted by Gasteiger charge is 2.27. The van der Waals surface area contributed by atoms with Crippen molar-refractivity contribution in [1.29, 1.82) is 0 Å². The standard InChI is InChI=1S/C12H17BrN2O/c1-3-15-10(12(13)8(2)14-15)7-9-5-4-6-11(9)16/h9H,3-7H2,1-2H3. The number of halogens is 1. The highest BCUT2D eigenvalue weighted by Crippen LogP contribution is 2.29. The maximum atomic E-state index is 11.7. The average molecular weight is 285 g/mol. The maximum Gasteiger partial charge on any atom is 0.136 e. The van der Waals surface area contributed by atoms with Crippen molar-refractivity contribution in [2.75, 3.05) is 0 Å². The molecule has 0 bridgehead atoms. The second-order valence-electron chi connectivity index (χ2n) is 4.42. The lowest BCUT2D eigenvalue weighted by Crippen LogP contribution is -2.13. The SMILES string of the molecule is CCn1nc(C)c(Br)c1CC1CCCC1=O. The third-order valence-corrected chi connectivity index (χ3v) is 4.36. The molecule has 1 heterocycles. The molecule has 88 valence electrons. The number of carbonyl (C=O) groups excluding carboxylic acids is 1. The molecule has 0 amide bonds. The van der Waals surface area contributed by atoms with E-state index in [0.29, 0.717) is 5.78 Å². The van der Waals surface area contributed by atoms with Crippen LogP contribution in [0.1, 0.15) is 37.6 Å². The highest BCUT2D eigenvalue weighted by molar-refractivity contribution is 9.10. The van der Waals surface area contributed by atoms with Crippen LogP contribution in [0.4, 0.5) is 0 Å². The first-order valence-corrected chi connectivity index (χ1v) is 6.67. The van der Waals surface area contributed by atoms with Crippen LogP contribution in [0.15, 0.2) is 4.47 Å². The van der Waals surface area contributed by atoms with E-state index in [9.17, 15) is 4.79 Å². The molecule has 0 radical (unpaired) electrons. The second kappa shape index (κ2) is 4.70. The van der Waals surface area contributed by atoms with Crippen LogP contribution in [-0.4, -0.2) is 15.6 Å². The van der Waals surface area contributed by atoms with E-state index in [4.69, 9.17) is 0 Å². The first-order chi connectivity index (χ1) is 7.63. The molecule has 1 aliphatic rings. The number of nitrogens with zero attached hydrogens (tertiary/aromatic N) is 2. The summed E-state index contributed by atoms with van der Waals surface area (Å²) < 4.78 is 3.08. The number of Topliss-reactive ketones (excluding diaryl/α,β-unsaturated/α-hetero) is 1. The van der Waals surface area contributed by atoms with Gasteiger partial charge in [-0.3, -0.25) is 9.48 Å². The number of aromatic nitrogens is 2. The minimum absolute atomic E-state index is 0.220. The Morgan fingerprint density at radius 2 is 2.31 bits per heavy atom. The van der Waals surface area contributed by atoms with Crippen LogP contribution in [-0.2, 0) is 17.8 Å². The van der Waals surface area contributed by atoms with Crippen LogP contribution in [0.3, 0.4) is 0 Å². The molecule has 1 aromatic rings. The first kappa shape index (κ1) is 11.8. The zero-order chi connectivity index (χ0) is 11.7. The van der Waals surface area contributed by atoms with Crippen molar-refractivity contribution in [3.05, 3.63) is 15.9 Å². The fourth-order valence-corrected chi connectivity index (χ4v) is 2.85. The van der Waals surface area contributed by atoms with Crippen molar-refractivity contribution in [1.82, 2.24) is 9.78 Å². The second-order valence-corrected chi connectivity index (χ2v) is 5.21. The zero-order valence-corrected chi connectivity index (χ0v) is 11.4. The topological polar surface area (TPSA) is 34.9 Å². The lowest BCUT2D eigenvalue weighted by Gasteiger charge is -2.10. The van der Waals surface area contributed by atoms with Gasteiger partial charge in [0.1, 0.15) is 5.78 Å². The number of aryl methyl sites for hydroxylation is 2. The molecule has 2 rings (SSSR count).